The van der Waals surface area contributed by atoms with Crippen LogP contribution in [0.3, 0.4) is 0 Å². The predicted molar refractivity (Wildman–Crippen MR) is 64.2 cm³/mol. The van der Waals surface area contributed by atoms with Crippen molar-refractivity contribution in [3.05, 3.63) is 30.2 Å². The van der Waals surface area contributed by atoms with Crippen LogP contribution in [-0.4, -0.2) is 17.7 Å². The number of nitrogens with two attached hydrogens (primary N) is 1. The molecule has 16 heavy (non-hydrogen) atoms. The van der Waals surface area contributed by atoms with Gasteiger partial charge in [0.25, 0.3) is 0 Å². The van der Waals surface area contributed by atoms with Gasteiger partial charge in [0.2, 0.25) is 0 Å². The van der Waals surface area contributed by atoms with E-state index < -0.39 is 12.7 Å². The van der Waals surface area contributed by atoms with E-state index in [1.807, 2.05) is 26.8 Å². The van der Waals surface area contributed by atoms with Gasteiger partial charge in [0.1, 0.15) is 11.4 Å². The summed E-state index contributed by atoms with van der Waals surface area (Å²) in [4.78, 5) is 4.08. The molecule has 0 radical (unpaired) electrons. The molecule has 0 bridgehead atoms. The first-order valence-electron chi connectivity index (χ1n) is 5.16. The third-order valence-corrected chi connectivity index (χ3v) is 2.73. The average molecular weight is 218 g/mol. The third kappa shape index (κ3) is 1.78. The number of nitrogens with zero attached hydrogens (tertiary/aromatic N) is 1. The van der Waals surface area contributed by atoms with E-state index in [0.717, 1.165) is 11.0 Å². The molecule has 84 valence electrons. The molecule has 0 saturated carbocycles. The summed E-state index contributed by atoms with van der Waals surface area (Å²) in [6.45, 7) is 9.58. The minimum absolute atomic E-state index is 0.436. The molecule has 1 aromatic rings. The Balaban J connectivity index is 2.27. The molecule has 1 saturated heterocycles. The zero-order valence-corrected chi connectivity index (χ0v) is 9.78. The zero-order chi connectivity index (χ0) is 11.9. The van der Waals surface area contributed by atoms with Gasteiger partial charge in [0.15, 0.2) is 0 Å². The van der Waals surface area contributed by atoms with Crippen LogP contribution in [0.2, 0.25) is 0 Å². The van der Waals surface area contributed by atoms with Crippen molar-refractivity contribution in [3.63, 3.8) is 0 Å². The van der Waals surface area contributed by atoms with Gasteiger partial charge in [-0.25, -0.2) is 4.98 Å². The molecule has 0 amide bonds. The van der Waals surface area contributed by atoms with E-state index >= 15 is 0 Å². The Morgan fingerprint density at radius 2 is 2.19 bits per heavy atom. The summed E-state index contributed by atoms with van der Waals surface area (Å²) in [5, 5.41) is 0. The van der Waals surface area contributed by atoms with Crippen molar-refractivity contribution >= 4 is 18.4 Å². The van der Waals surface area contributed by atoms with Crippen molar-refractivity contribution in [2.45, 2.75) is 26.4 Å². The lowest BCUT2D eigenvalue weighted by Gasteiger charge is -2.15. The molecule has 0 aliphatic carbocycles. The van der Waals surface area contributed by atoms with Gasteiger partial charge in [-0.2, -0.15) is 0 Å². The van der Waals surface area contributed by atoms with Crippen molar-refractivity contribution in [1.29, 1.82) is 0 Å². The molecule has 0 aromatic carbocycles. The molecular formula is C11H15BN2O2. The van der Waals surface area contributed by atoms with Gasteiger partial charge in [-0.15, -0.1) is 0 Å². The normalized spacial score (nSPS) is 18.7. The van der Waals surface area contributed by atoms with Crippen LogP contribution in [0.5, 0.6) is 0 Å². The van der Waals surface area contributed by atoms with Gasteiger partial charge >= 0.3 is 7.12 Å². The number of hydrogen-bond acceptors (Lipinski definition) is 4. The average Bonchev–Trinajstić information content (AvgIpc) is 2.46. The Labute approximate surface area is 95.6 Å². The fourth-order valence-electron chi connectivity index (χ4n) is 1.50. The minimum Gasteiger partial charge on any atom is -0.534 e. The first-order chi connectivity index (χ1) is 7.40. The van der Waals surface area contributed by atoms with Crippen LogP contribution < -0.4 is 11.2 Å². The highest BCUT2D eigenvalue weighted by molar-refractivity contribution is 6.62. The maximum absolute atomic E-state index is 5.74. The molecule has 1 fully saturated rings. The van der Waals surface area contributed by atoms with Crippen LogP contribution in [0, 0.1) is 6.92 Å². The Morgan fingerprint density at radius 3 is 2.69 bits per heavy atom. The van der Waals surface area contributed by atoms with Crippen molar-refractivity contribution in [3.8, 4) is 0 Å². The molecule has 2 rings (SSSR count). The topological polar surface area (TPSA) is 57.4 Å². The minimum atomic E-state index is -0.458. The van der Waals surface area contributed by atoms with Crippen LogP contribution >= 0.6 is 0 Å². The van der Waals surface area contributed by atoms with E-state index in [2.05, 4.69) is 11.6 Å². The Morgan fingerprint density at radius 1 is 1.50 bits per heavy atom. The number of aryl methyl sites for hydroxylation is 1. The molecule has 1 aliphatic heterocycles. The number of pyridine rings is 1. The van der Waals surface area contributed by atoms with Gasteiger partial charge in [0, 0.05) is 11.7 Å². The highest BCUT2D eigenvalue weighted by Gasteiger charge is 2.42. The molecule has 2 N–H and O–H groups in total. The Hall–Kier alpha value is -1.49. The summed E-state index contributed by atoms with van der Waals surface area (Å²) in [6, 6.07) is 1.92. The lowest BCUT2D eigenvalue weighted by Crippen LogP contribution is -2.35. The second kappa shape index (κ2) is 3.52. The van der Waals surface area contributed by atoms with Crippen LogP contribution in [0.1, 0.15) is 19.4 Å². The second-order valence-corrected chi connectivity index (χ2v) is 4.47. The molecule has 4 nitrogen and oxygen atoms in total. The fourth-order valence-corrected chi connectivity index (χ4v) is 1.50. The fraction of sp³-hybridized carbons (Fsp3) is 0.364. The van der Waals surface area contributed by atoms with E-state index in [1.165, 1.54) is 0 Å². The molecule has 2 heterocycles. The van der Waals surface area contributed by atoms with Gasteiger partial charge in [0.05, 0.1) is 5.76 Å². The number of aromatic nitrogens is 1. The summed E-state index contributed by atoms with van der Waals surface area (Å²) in [5.74, 6) is 1.16. The van der Waals surface area contributed by atoms with Crippen molar-refractivity contribution in [2.75, 3.05) is 5.73 Å². The quantitative estimate of drug-likeness (QED) is 0.714. The molecule has 5 heteroatoms. The molecule has 1 aromatic heterocycles. The second-order valence-electron chi connectivity index (χ2n) is 4.47. The van der Waals surface area contributed by atoms with Gasteiger partial charge < -0.3 is 15.0 Å². The van der Waals surface area contributed by atoms with E-state index in [4.69, 9.17) is 15.0 Å². The number of anilines is 1. The standard InChI is InChI=1S/C11H15BN2O2/c1-7-5-9(6-14-10(7)13)12-15-8(2)11(3,4)16-12/h5-6H,2H2,1,3-4H3,(H2,13,14). The van der Waals surface area contributed by atoms with Gasteiger partial charge in [-0.05, 0) is 26.3 Å². The SMILES string of the molecule is C=C1OB(c2cnc(N)c(C)c2)OC1(C)C. The lowest BCUT2D eigenvalue weighted by atomic mass is 9.80. The molecule has 0 spiro atoms. The van der Waals surface area contributed by atoms with Crippen molar-refractivity contribution in [2.24, 2.45) is 0 Å². The maximum atomic E-state index is 5.74. The smallest absolute Gasteiger partial charge is 0.534 e. The highest BCUT2D eigenvalue weighted by atomic mass is 16.7. The molecule has 0 atom stereocenters. The van der Waals surface area contributed by atoms with Gasteiger partial charge in [-0.3, -0.25) is 0 Å². The molecule has 0 unspecified atom stereocenters. The summed E-state index contributed by atoms with van der Waals surface area (Å²) in [7, 11) is -0.436. The van der Waals surface area contributed by atoms with E-state index in [9.17, 15) is 0 Å². The molecule has 1 aliphatic rings. The first-order valence-corrected chi connectivity index (χ1v) is 5.16. The summed E-state index contributed by atoms with van der Waals surface area (Å²) in [5.41, 5.74) is 6.98. The monoisotopic (exact) mass is 218 g/mol. The number of nitrogen functional groups attached to an aromatic ring is 1. The van der Waals surface area contributed by atoms with E-state index in [-0.39, 0.29) is 0 Å². The van der Waals surface area contributed by atoms with Gasteiger partial charge in [-0.1, -0.05) is 12.6 Å². The lowest BCUT2D eigenvalue weighted by molar-refractivity contribution is 0.173. The first kappa shape index (κ1) is 11.0. The summed E-state index contributed by atoms with van der Waals surface area (Å²) < 4.78 is 11.3. The van der Waals surface area contributed by atoms with Crippen LogP contribution in [0.4, 0.5) is 5.82 Å². The Bertz CT molecular complexity index is 446. The van der Waals surface area contributed by atoms with E-state index in [1.54, 1.807) is 6.20 Å². The molecular weight excluding hydrogens is 203 g/mol. The van der Waals surface area contributed by atoms with Crippen LogP contribution in [-0.2, 0) is 9.31 Å². The number of hydrogen-bond donors (Lipinski definition) is 1. The predicted octanol–water partition coefficient (Wildman–Crippen LogP) is 1.01. The zero-order valence-electron chi connectivity index (χ0n) is 9.78. The highest BCUT2D eigenvalue weighted by Crippen LogP contribution is 2.29. The largest absolute Gasteiger partial charge is 0.564 e. The summed E-state index contributed by atoms with van der Waals surface area (Å²) >= 11 is 0. The maximum Gasteiger partial charge on any atom is 0.564 e. The summed E-state index contributed by atoms with van der Waals surface area (Å²) in [6.07, 6.45) is 1.67. The van der Waals surface area contributed by atoms with Crippen LogP contribution in [0.25, 0.3) is 0 Å². The van der Waals surface area contributed by atoms with Crippen LogP contribution in [0.15, 0.2) is 24.6 Å². The van der Waals surface area contributed by atoms with Crippen molar-refractivity contribution in [1.82, 2.24) is 4.98 Å². The van der Waals surface area contributed by atoms with Crippen molar-refractivity contribution < 1.29 is 9.31 Å². The number of rotatable bonds is 1. The Kier molecular flexibility index (Phi) is 2.42. The third-order valence-electron chi connectivity index (χ3n) is 2.73. The van der Waals surface area contributed by atoms with E-state index in [0.29, 0.717) is 11.6 Å².